The lowest BCUT2D eigenvalue weighted by atomic mass is 10.1. The van der Waals surface area contributed by atoms with Crippen molar-refractivity contribution in [1.29, 1.82) is 0 Å². The standard InChI is InChI=1S/C13H21NS/c1-4-13(10-15-3)14-11(2)12-8-6-5-7-9-12/h5-9,11,13-14H,4,10H2,1-3H3. The number of rotatable bonds is 6. The summed E-state index contributed by atoms with van der Waals surface area (Å²) in [5, 5.41) is 3.66. The zero-order valence-electron chi connectivity index (χ0n) is 9.86. The highest BCUT2D eigenvalue weighted by atomic mass is 32.2. The Bertz CT molecular complexity index is 260. The van der Waals surface area contributed by atoms with Crippen molar-refractivity contribution in [2.24, 2.45) is 0 Å². The molecule has 2 atom stereocenters. The Hall–Kier alpha value is -0.470. The quantitative estimate of drug-likeness (QED) is 0.792. The third-order valence-corrected chi connectivity index (χ3v) is 3.38. The van der Waals surface area contributed by atoms with E-state index in [2.05, 4.69) is 55.8 Å². The molecule has 0 fully saturated rings. The predicted molar refractivity (Wildman–Crippen MR) is 70.5 cm³/mol. The zero-order valence-corrected chi connectivity index (χ0v) is 10.7. The van der Waals surface area contributed by atoms with E-state index in [4.69, 9.17) is 0 Å². The van der Waals surface area contributed by atoms with Crippen LogP contribution in [0.3, 0.4) is 0 Å². The first-order valence-electron chi connectivity index (χ1n) is 5.57. The minimum Gasteiger partial charge on any atom is -0.307 e. The molecule has 0 aliphatic carbocycles. The Morgan fingerprint density at radius 1 is 1.27 bits per heavy atom. The van der Waals surface area contributed by atoms with Crippen LogP contribution in [0.15, 0.2) is 30.3 Å². The molecule has 0 spiro atoms. The third-order valence-electron chi connectivity index (χ3n) is 2.65. The van der Waals surface area contributed by atoms with Crippen molar-refractivity contribution in [3.05, 3.63) is 35.9 Å². The minimum absolute atomic E-state index is 0.447. The number of hydrogen-bond acceptors (Lipinski definition) is 2. The third kappa shape index (κ3) is 4.27. The molecule has 1 N–H and O–H groups in total. The van der Waals surface area contributed by atoms with Gasteiger partial charge in [-0.05, 0) is 25.2 Å². The molecule has 0 amide bonds. The topological polar surface area (TPSA) is 12.0 Å². The fourth-order valence-corrected chi connectivity index (χ4v) is 2.41. The molecular formula is C13H21NS. The summed E-state index contributed by atoms with van der Waals surface area (Å²) >= 11 is 1.91. The second-order valence-electron chi connectivity index (χ2n) is 3.86. The molecule has 0 saturated heterocycles. The number of benzene rings is 1. The largest absolute Gasteiger partial charge is 0.307 e. The van der Waals surface area contributed by atoms with Crippen molar-refractivity contribution in [3.8, 4) is 0 Å². The van der Waals surface area contributed by atoms with E-state index in [0.717, 1.165) is 0 Å². The van der Waals surface area contributed by atoms with Gasteiger partial charge in [-0.3, -0.25) is 0 Å². The van der Waals surface area contributed by atoms with Crippen LogP contribution in [0, 0.1) is 0 Å². The molecule has 0 saturated carbocycles. The molecule has 84 valence electrons. The van der Waals surface area contributed by atoms with Gasteiger partial charge < -0.3 is 5.32 Å². The lowest BCUT2D eigenvalue weighted by Crippen LogP contribution is -2.32. The lowest BCUT2D eigenvalue weighted by Gasteiger charge is -2.21. The van der Waals surface area contributed by atoms with Crippen molar-refractivity contribution in [1.82, 2.24) is 5.32 Å². The Labute approximate surface area is 97.7 Å². The highest BCUT2D eigenvalue weighted by Crippen LogP contribution is 2.14. The number of hydrogen-bond donors (Lipinski definition) is 1. The maximum atomic E-state index is 3.66. The van der Waals surface area contributed by atoms with Crippen LogP contribution < -0.4 is 5.32 Å². The monoisotopic (exact) mass is 223 g/mol. The van der Waals surface area contributed by atoms with Gasteiger partial charge in [-0.1, -0.05) is 37.3 Å². The average molecular weight is 223 g/mol. The van der Waals surface area contributed by atoms with Crippen LogP contribution >= 0.6 is 11.8 Å². The first-order chi connectivity index (χ1) is 7.27. The van der Waals surface area contributed by atoms with Crippen LogP contribution in [-0.4, -0.2) is 18.1 Å². The van der Waals surface area contributed by atoms with Crippen molar-refractivity contribution >= 4 is 11.8 Å². The van der Waals surface area contributed by atoms with Crippen LogP contribution in [0.5, 0.6) is 0 Å². The first kappa shape index (κ1) is 12.6. The second kappa shape index (κ2) is 6.91. The Balaban J connectivity index is 2.50. The van der Waals surface area contributed by atoms with Gasteiger partial charge in [0.15, 0.2) is 0 Å². The molecule has 2 heteroatoms. The van der Waals surface area contributed by atoms with E-state index < -0.39 is 0 Å². The van der Waals surface area contributed by atoms with E-state index in [0.29, 0.717) is 12.1 Å². The Morgan fingerprint density at radius 3 is 2.47 bits per heavy atom. The summed E-state index contributed by atoms with van der Waals surface area (Å²) in [6, 6.07) is 11.7. The SMILES string of the molecule is CCC(CSC)NC(C)c1ccccc1. The number of thioether (sulfide) groups is 1. The summed E-state index contributed by atoms with van der Waals surface area (Å²) < 4.78 is 0. The average Bonchev–Trinajstić information content (AvgIpc) is 2.29. The first-order valence-corrected chi connectivity index (χ1v) is 6.97. The summed E-state index contributed by atoms with van der Waals surface area (Å²) in [5.41, 5.74) is 1.37. The Morgan fingerprint density at radius 2 is 1.93 bits per heavy atom. The summed E-state index contributed by atoms with van der Waals surface area (Å²) in [4.78, 5) is 0. The predicted octanol–water partition coefficient (Wildman–Crippen LogP) is 3.48. The molecule has 1 nitrogen and oxygen atoms in total. The van der Waals surface area contributed by atoms with E-state index in [1.54, 1.807) is 0 Å². The van der Waals surface area contributed by atoms with Gasteiger partial charge in [-0.15, -0.1) is 0 Å². The molecule has 2 unspecified atom stereocenters. The Kier molecular flexibility index (Phi) is 5.81. The fourth-order valence-electron chi connectivity index (χ4n) is 1.68. The highest BCUT2D eigenvalue weighted by molar-refractivity contribution is 7.98. The summed E-state index contributed by atoms with van der Waals surface area (Å²) in [5.74, 6) is 1.19. The van der Waals surface area contributed by atoms with Gasteiger partial charge in [-0.2, -0.15) is 11.8 Å². The highest BCUT2D eigenvalue weighted by Gasteiger charge is 2.10. The van der Waals surface area contributed by atoms with Crippen molar-refractivity contribution in [2.75, 3.05) is 12.0 Å². The molecular weight excluding hydrogens is 202 g/mol. The zero-order chi connectivity index (χ0) is 11.1. The van der Waals surface area contributed by atoms with E-state index >= 15 is 0 Å². The summed E-state index contributed by atoms with van der Waals surface area (Å²) in [6.07, 6.45) is 3.36. The molecule has 0 heterocycles. The van der Waals surface area contributed by atoms with E-state index in [-0.39, 0.29) is 0 Å². The van der Waals surface area contributed by atoms with Gasteiger partial charge in [0, 0.05) is 17.8 Å². The molecule has 0 aliphatic heterocycles. The maximum absolute atomic E-state index is 3.66. The van der Waals surface area contributed by atoms with Gasteiger partial charge in [-0.25, -0.2) is 0 Å². The van der Waals surface area contributed by atoms with Crippen LogP contribution in [-0.2, 0) is 0 Å². The fraction of sp³-hybridized carbons (Fsp3) is 0.538. The summed E-state index contributed by atoms with van der Waals surface area (Å²) in [6.45, 7) is 4.48. The van der Waals surface area contributed by atoms with Crippen LogP contribution in [0.4, 0.5) is 0 Å². The smallest absolute Gasteiger partial charge is 0.0294 e. The van der Waals surface area contributed by atoms with E-state index in [1.807, 2.05) is 11.8 Å². The van der Waals surface area contributed by atoms with E-state index in [1.165, 1.54) is 17.7 Å². The van der Waals surface area contributed by atoms with Crippen molar-refractivity contribution in [3.63, 3.8) is 0 Å². The molecule has 15 heavy (non-hydrogen) atoms. The van der Waals surface area contributed by atoms with Gasteiger partial charge in [0.1, 0.15) is 0 Å². The van der Waals surface area contributed by atoms with Gasteiger partial charge in [0.25, 0.3) is 0 Å². The van der Waals surface area contributed by atoms with Crippen LogP contribution in [0.25, 0.3) is 0 Å². The molecule has 1 rings (SSSR count). The van der Waals surface area contributed by atoms with Crippen molar-refractivity contribution in [2.45, 2.75) is 32.4 Å². The van der Waals surface area contributed by atoms with Crippen LogP contribution in [0.1, 0.15) is 31.9 Å². The molecule has 0 aliphatic rings. The van der Waals surface area contributed by atoms with Crippen molar-refractivity contribution < 1.29 is 0 Å². The van der Waals surface area contributed by atoms with Crippen LogP contribution in [0.2, 0.25) is 0 Å². The molecule has 0 bridgehead atoms. The minimum atomic E-state index is 0.447. The second-order valence-corrected chi connectivity index (χ2v) is 4.77. The summed E-state index contributed by atoms with van der Waals surface area (Å²) in [7, 11) is 0. The lowest BCUT2D eigenvalue weighted by molar-refractivity contribution is 0.475. The van der Waals surface area contributed by atoms with Gasteiger partial charge >= 0.3 is 0 Å². The molecule has 1 aromatic rings. The molecule has 1 aromatic carbocycles. The molecule has 0 radical (unpaired) electrons. The normalized spacial score (nSPS) is 14.9. The van der Waals surface area contributed by atoms with Gasteiger partial charge in [0.05, 0.1) is 0 Å². The molecule has 0 aromatic heterocycles. The van der Waals surface area contributed by atoms with Gasteiger partial charge in [0.2, 0.25) is 0 Å². The number of nitrogens with one attached hydrogen (secondary N) is 1. The van der Waals surface area contributed by atoms with E-state index in [9.17, 15) is 0 Å². The maximum Gasteiger partial charge on any atom is 0.0294 e.